The quantitative estimate of drug-likeness (QED) is 0.821. The minimum absolute atomic E-state index is 0.0536. The molecule has 0 spiro atoms. The van der Waals surface area contributed by atoms with E-state index < -0.39 is 0 Å². The van der Waals surface area contributed by atoms with Crippen molar-refractivity contribution in [2.45, 2.75) is 32.7 Å². The highest BCUT2D eigenvalue weighted by molar-refractivity contribution is 5.92. The number of amides is 1. The first-order valence-corrected chi connectivity index (χ1v) is 6.99. The highest BCUT2D eigenvalue weighted by Gasteiger charge is 2.28. The van der Waals surface area contributed by atoms with Crippen molar-refractivity contribution >= 4 is 11.6 Å². The lowest BCUT2D eigenvalue weighted by Gasteiger charge is -2.19. The zero-order valence-corrected chi connectivity index (χ0v) is 11.7. The van der Waals surface area contributed by atoms with Crippen LogP contribution in [0.25, 0.3) is 0 Å². The molecule has 1 aliphatic rings. The van der Waals surface area contributed by atoms with Crippen LogP contribution >= 0.6 is 0 Å². The van der Waals surface area contributed by atoms with Gasteiger partial charge in [-0.05, 0) is 50.6 Å². The summed E-state index contributed by atoms with van der Waals surface area (Å²) in [6.45, 7) is 6.11. The van der Waals surface area contributed by atoms with Crippen LogP contribution in [0.15, 0.2) is 24.3 Å². The normalized spacial score (nSPS) is 14.5. The van der Waals surface area contributed by atoms with Crippen LogP contribution in [0.1, 0.15) is 26.7 Å². The van der Waals surface area contributed by atoms with Gasteiger partial charge in [0.2, 0.25) is 5.91 Å². The number of carbonyl (C=O) groups excluding carboxylic acids is 1. The molecule has 1 fully saturated rings. The Kier molecular flexibility index (Phi) is 4.80. The Labute approximate surface area is 114 Å². The molecule has 2 rings (SSSR count). The first-order valence-electron chi connectivity index (χ1n) is 6.99. The summed E-state index contributed by atoms with van der Waals surface area (Å²) in [6.07, 6.45) is 2.45. The third-order valence-corrected chi connectivity index (χ3v) is 3.27. The number of nitrogens with one attached hydrogen (secondary N) is 1. The van der Waals surface area contributed by atoms with E-state index in [4.69, 9.17) is 4.74 Å². The van der Waals surface area contributed by atoms with Crippen molar-refractivity contribution < 1.29 is 9.53 Å². The van der Waals surface area contributed by atoms with Crippen LogP contribution in [-0.2, 0) is 4.79 Å². The zero-order valence-electron chi connectivity index (χ0n) is 11.7. The van der Waals surface area contributed by atoms with Gasteiger partial charge in [0.05, 0.1) is 13.2 Å². The molecule has 0 unspecified atom stereocenters. The minimum Gasteiger partial charge on any atom is -0.494 e. The van der Waals surface area contributed by atoms with E-state index in [0.29, 0.717) is 19.2 Å². The third kappa shape index (κ3) is 4.24. The average Bonchev–Trinajstić information content (AvgIpc) is 3.23. The van der Waals surface area contributed by atoms with Crippen molar-refractivity contribution in [1.82, 2.24) is 4.90 Å². The summed E-state index contributed by atoms with van der Waals surface area (Å²) in [7, 11) is 0. The van der Waals surface area contributed by atoms with Crippen molar-refractivity contribution in [3.8, 4) is 5.75 Å². The van der Waals surface area contributed by atoms with Gasteiger partial charge in [-0.3, -0.25) is 9.69 Å². The zero-order chi connectivity index (χ0) is 13.7. The monoisotopic (exact) mass is 262 g/mol. The number of carbonyl (C=O) groups is 1. The molecule has 1 aromatic carbocycles. The Balaban J connectivity index is 1.83. The number of hydrogen-bond donors (Lipinski definition) is 1. The molecule has 0 atom stereocenters. The number of ether oxygens (including phenoxy) is 1. The summed E-state index contributed by atoms with van der Waals surface area (Å²) in [5.41, 5.74) is 0.820. The SMILES string of the molecule is CCOc1ccc(NC(=O)CN(CC)C2CC2)cc1. The molecular formula is C15H22N2O2. The van der Waals surface area contributed by atoms with Crippen LogP contribution in [-0.4, -0.2) is 36.5 Å². The third-order valence-electron chi connectivity index (χ3n) is 3.27. The second kappa shape index (κ2) is 6.57. The molecule has 1 aromatic rings. The first-order chi connectivity index (χ1) is 9.22. The van der Waals surface area contributed by atoms with Gasteiger partial charge in [0.25, 0.3) is 0 Å². The second-order valence-electron chi connectivity index (χ2n) is 4.80. The largest absolute Gasteiger partial charge is 0.494 e. The molecule has 0 heterocycles. The smallest absolute Gasteiger partial charge is 0.238 e. The lowest BCUT2D eigenvalue weighted by molar-refractivity contribution is -0.117. The Morgan fingerprint density at radius 2 is 2.00 bits per heavy atom. The number of likely N-dealkylation sites (N-methyl/N-ethyl adjacent to an activating group) is 1. The van der Waals surface area contributed by atoms with Gasteiger partial charge in [0.15, 0.2) is 0 Å². The molecule has 1 N–H and O–H groups in total. The predicted octanol–water partition coefficient (Wildman–Crippen LogP) is 2.51. The molecule has 0 saturated heterocycles. The van der Waals surface area contributed by atoms with E-state index in [9.17, 15) is 4.79 Å². The fourth-order valence-electron chi connectivity index (χ4n) is 2.12. The van der Waals surface area contributed by atoms with Gasteiger partial charge in [-0.2, -0.15) is 0 Å². The van der Waals surface area contributed by atoms with E-state index in [2.05, 4.69) is 17.1 Å². The Morgan fingerprint density at radius 3 is 2.53 bits per heavy atom. The molecule has 1 saturated carbocycles. The predicted molar refractivity (Wildman–Crippen MR) is 76.5 cm³/mol. The summed E-state index contributed by atoms with van der Waals surface area (Å²) < 4.78 is 5.37. The average molecular weight is 262 g/mol. The summed E-state index contributed by atoms with van der Waals surface area (Å²) in [5.74, 6) is 0.881. The summed E-state index contributed by atoms with van der Waals surface area (Å²) >= 11 is 0. The molecule has 104 valence electrons. The lowest BCUT2D eigenvalue weighted by atomic mass is 10.3. The molecule has 0 aliphatic heterocycles. The Hall–Kier alpha value is -1.55. The molecule has 4 heteroatoms. The van der Waals surface area contributed by atoms with Gasteiger partial charge in [0.1, 0.15) is 5.75 Å². The molecule has 0 bridgehead atoms. The van der Waals surface area contributed by atoms with E-state index >= 15 is 0 Å². The standard InChI is InChI=1S/C15H22N2O2/c1-3-17(13-7-8-13)11-15(18)16-12-5-9-14(10-6-12)19-4-2/h5-6,9-10,13H,3-4,7-8,11H2,1-2H3,(H,16,18). The molecule has 19 heavy (non-hydrogen) atoms. The van der Waals surface area contributed by atoms with Gasteiger partial charge < -0.3 is 10.1 Å². The van der Waals surface area contributed by atoms with Crippen LogP contribution in [0.5, 0.6) is 5.75 Å². The van der Waals surface area contributed by atoms with Crippen molar-refractivity contribution in [3.05, 3.63) is 24.3 Å². The maximum Gasteiger partial charge on any atom is 0.238 e. The summed E-state index contributed by atoms with van der Waals surface area (Å²) in [4.78, 5) is 14.2. The maximum atomic E-state index is 11.9. The number of anilines is 1. The van der Waals surface area contributed by atoms with Gasteiger partial charge in [-0.1, -0.05) is 6.92 Å². The molecule has 0 aromatic heterocycles. The van der Waals surface area contributed by atoms with E-state index in [1.165, 1.54) is 12.8 Å². The van der Waals surface area contributed by atoms with Gasteiger partial charge in [-0.25, -0.2) is 0 Å². The van der Waals surface area contributed by atoms with E-state index in [1.54, 1.807) is 0 Å². The fraction of sp³-hybridized carbons (Fsp3) is 0.533. The van der Waals surface area contributed by atoms with E-state index in [-0.39, 0.29) is 5.91 Å². The van der Waals surface area contributed by atoms with Crippen molar-refractivity contribution in [2.24, 2.45) is 0 Å². The van der Waals surface area contributed by atoms with Gasteiger partial charge in [0, 0.05) is 11.7 Å². The highest BCUT2D eigenvalue weighted by atomic mass is 16.5. The van der Waals surface area contributed by atoms with Crippen LogP contribution < -0.4 is 10.1 Å². The highest BCUT2D eigenvalue weighted by Crippen LogP contribution is 2.26. The van der Waals surface area contributed by atoms with E-state index in [0.717, 1.165) is 18.0 Å². The Morgan fingerprint density at radius 1 is 1.32 bits per heavy atom. The van der Waals surface area contributed by atoms with Gasteiger partial charge in [-0.15, -0.1) is 0 Å². The topological polar surface area (TPSA) is 41.6 Å². The molecular weight excluding hydrogens is 240 g/mol. The lowest BCUT2D eigenvalue weighted by Crippen LogP contribution is -2.34. The molecule has 1 amide bonds. The minimum atomic E-state index is 0.0536. The molecule has 1 aliphatic carbocycles. The van der Waals surface area contributed by atoms with Crippen LogP contribution in [0.2, 0.25) is 0 Å². The van der Waals surface area contributed by atoms with Crippen LogP contribution in [0.4, 0.5) is 5.69 Å². The van der Waals surface area contributed by atoms with Gasteiger partial charge >= 0.3 is 0 Å². The first kappa shape index (κ1) is 13.9. The number of nitrogens with zero attached hydrogens (tertiary/aromatic N) is 1. The number of benzene rings is 1. The second-order valence-corrected chi connectivity index (χ2v) is 4.80. The van der Waals surface area contributed by atoms with Crippen molar-refractivity contribution in [3.63, 3.8) is 0 Å². The van der Waals surface area contributed by atoms with E-state index in [1.807, 2.05) is 31.2 Å². The van der Waals surface area contributed by atoms with Crippen molar-refractivity contribution in [1.29, 1.82) is 0 Å². The summed E-state index contributed by atoms with van der Waals surface area (Å²) in [6, 6.07) is 8.11. The van der Waals surface area contributed by atoms with Crippen LogP contribution in [0.3, 0.4) is 0 Å². The fourth-order valence-corrected chi connectivity index (χ4v) is 2.12. The van der Waals surface area contributed by atoms with Crippen LogP contribution in [0, 0.1) is 0 Å². The number of hydrogen-bond acceptors (Lipinski definition) is 3. The Bertz CT molecular complexity index is 413. The molecule has 4 nitrogen and oxygen atoms in total. The number of rotatable bonds is 7. The maximum absolute atomic E-state index is 11.9. The van der Waals surface area contributed by atoms with Crippen molar-refractivity contribution in [2.75, 3.05) is 25.0 Å². The molecule has 0 radical (unpaired) electrons. The summed E-state index contributed by atoms with van der Waals surface area (Å²) in [5, 5.41) is 2.92.